The van der Waals surface area contributed by atoms with E-state index in [9.17, 15) is 18.0 Å². The number of piperidine rings is 1. The summed E-state index contributed by atoms with van der Waals surface area (Å²) in [5.74, 6) is -0.400. The highest BCUT2D eigenvalue weighted by atomic mass is 32.2. The fourth-order valence-corrected chi connectivity index (χ4v) is 4.41. The summed E-state index contributed by atoms with van der Waals surface area (Å²) in [6.45, 7) is 3.52. The second-order valence-corrected chi connectivity index (χ2v) is 9.14. The summed E-state index contributed by atoms with van der Waals surface area (Å²) >= 11 is 0. The van der Waals surface area contributed by atoms with Gasteiger partial charge in [0.05, 0.1) is 4.90 Å². The average Bonchev–Trinajstić information content (AvgIpc) is 2.75. The molecule has 1 fully saturated rings. The quantitative estimate of drug-likeness (QED) is 0.629. The van der Waals surface area contributed by atoms with Crippen LogP contribution in [-0.4, -0.2) is 39.7 Å². The summed E-state index contributed by atoms with van der Waals surface area (Å²) in [6.07, 6.45) is 3.70. The van der Waals surface area contributed by atoms with Gasteiger partial charge in [-0.3, -0.25) is 9.59 Å². The maximum absolute atomic E-state index is 12.3. The first-order chi connectivity index (χ1) is 14.3. The number of carbonyl (C=O) groups excluding carboxylic acids is 2. The minimum Gasteiger partial charge on any atom is -0.372 e. The SMILES string of the molecule is CC(=O)c1ccc(S(=O)(=O)NCCC(=O)Nc2ccc(N3CCCCC3)cc2)cc1. The fraction of sp³-hybridized carbons (Fsp3) is 0.364. The summed E-state index contributed by atoms with van der Waals surface area (Å²) in [7, 11) is -3.74. The van der Waals surface area contributed by atoms with E-state index in [0.717, 1.165) is 18.8 Å². The number of hydrogen-bond acceptors (Lipinski definition) is 5. The molecular formula is C22H27N3O4S. The lowest BCUT2D eigenvalue weighted by Gasteiger charge is -2.28. The van der Waals surface area contributed by atoms with Crippen molar-refractivity contribution in [3.63, 3.8) is 0 Å². The Labute approximate surface area is 177 Å². The summed E-state index contributed by atoms with van der Waals surface area (Å²) < 4.78 is 27.0. The zero-order chi connectivity index (χ0) is 21.6. The summed E-state index contributed by atoms with van der Waals surface area (Å²) in [6, 6.07) is 13.4. The van der Waals surface area contributed by atoms with Gasteiger partial charge >= 0.3 is 0 Å². The van der Waals surface area contributed by atoms with Crippen LogP contribution in [0.5, 0.6) is 0 Å². The number of ketones is 1. The molecule has 2 aromatic rings. The molecule has 1 heterocycles. The minimum atomic E-state index is -3.74. The van der Waals surface area contributed by atoms with Crippen molar-refractivity contribution in [1.29, 1.82) is 0 Å². The lowest BCUT2D eigenvalue weighted by molar-refractivity contribution is -0.116. The molecule has 1 saturated heterocycles. The molecule has 1 aliphatic heterocycles. The van der Waals surface area contributed by atoms with Gasteiger partial charge in [0.2, 0.25) is 15.9 Å². The molecule has 0 saturated carbocycles. The van der Waals surface area contributed by atoms with Gasteiger partial charge in [-0.2, -0.15) is 0 Å². The van der Waals surface area contributed by atoms with Crippen LogP contribution in [0.3, 0.4) is 0 Å². The molecule has 2 N–H and O–H groups in total. The molecule has 30 heavy (non-hydrogen) atoms. The highest BCUT2D eigenvalue weighted by Crippen LogP contribution is 2.21. The number of nitrogens with one attached hydrogen (secondary N) is 2. The van der Waals surface area contributed by atoms with Crippen molar-refractivity contribution >= 4 is 33.1 Å². The van der Waals surface area contributed by atoms with Gasteiger partial charge in [0.15, 0.2) is 5.78 Å². The Bertz CT molecular complexity index is 980. The molecule has 8 heteroatoms. The van der Waals surface area contributed by atoms with E-state index in [2.05, 4.69) is 14.9 Å². The molecule has 0 atom stereocenters. The van der Waals surface area contributed by atoms with Crippen LogP contribution in [0.4, 0.5) is 11.4 Å². The molecule has 0 unspecified atom stereocenters. The molecule has 160 valence electrons. The first-order valence-corrected chi connectivity index (χ1v) is 11.6. The summed E-state index contributed by atoms with van der Waals surface area (Å²) in [5, 5.41) is 2.79. The number of anilines is 2. The number of carbonyl (C=O) groups is 2. The van der Waals surface area contributed by atoms with E-state index in [1.54, 1.807) is 0 Å². The van der Waals surface area contributed by atoms with Gasteiger partial charge in [-0.05, 0) is 62.6 Å². The van der Waals surface area contributed by atoms with E-state index in [-0.39, 0.29) is 29.6 Å². The van der Waals surface area contributed by atoms with Crippen LogP contribution < -0.4 is 14.9 Å². The van der Waals surface area contributed by atoms with Crippen LogP contribution >= 0.6 is 0 Å². The van der Waals surface area contributed by atoms with Crippen molar-refractivity contribution in [3.05, 3.63) is 54.1 Å². The Morgan fingerprint density at radius 2 is 1.57 bits per heavy atom. The van der Waals surface area contributed by atoms with Crippen molar-refractivity contribution in [3.8, 4) is 0 Å². The van der Waals surface area contributed by atoms with Crippen molar-refractivity contribution in [2.45, 2.75) is 37.5 Å². The first kappa shape index (κ1) is 22.0. The third-order valence-electron chi connectivity index (χ3n) is 5.09. The number of nitrogens with zero attached hydrogens (tertiary/aromatic N) is 1. The maximum Gasteiger partial charge on any atom is 0.240 e. The molecule has 0 aliphatic carbocycles. The topological polar surface area (TPSA) is 95.6 Å². The van der Waals surface area contributed by atoms with Crippen LogP contribution in [0.25, 0.3) is 0 Å². The summed E-state index contributed by atoms with van der Waals surface area (Å²) in [5.41, 5.74) is 2.28. The van der Waals surface area contributed by atoms with Crippen LogP contribution in [0.15, 0.2) is 53.4 Å². The van der Waals surface area contributed by atoms with Crippen LogP contribution in [-0.2, 0) is 14.8 Å². The maximum atomic E-state index is 12.3. The fourth-order valence-electron chi connectivity index (χ4n) is 3.38. The molecule has 3 rings (SSSR count). The van der Waals surface area contributed by atoms with Gasteiger partial charge in [-0.25, -0.2) is 13.1 Å². The van der Waals surface area contributed by atoms with Crippen LogP contribution in [0.2, 0.25) is 0 Å². The Morgan fingerprint density at radius 3 is 2.17 bits per heavy atom. The Hall–Kier alpha value is -2.71. The predicted molar refractivity (Wildman–Crippen MR) is 117 cm³/mol. The molecule has 2 aromatic carbocycles. The van der Waals surface area contributed by atoms with Crippen molar-refractivity contribution in [2.75, 3.05) is 29.9 Å². The number of hydrogen-bond donors (Lipinski definition) is 2. The first-order valence-electron chi connectivity index (χ1n) is 10.1. The standard InChI is InChI=1S/C22H27N3O4S/c1-17(26)18-5-11-21(12-6-18)30(28,29)23-14-13-22(27)24-19-7-9-20(10-8-19)25-15-3-2-4-16-25/h5-12,23H,2-4,13-16H2,1H3,(H,24,27). The third-order valence-corrected chi connectivity index (χ3v) is 6.56. The highest BCUT2D eigenvalue weighted by molar-refractivity contribution is 7.89. The summed E-state index contributed by atoms with van der Waals surface area (Å²) in [4.78, 5) is 25.8. The molecule has 0 aromatic heterocycles. The molecule has 7 nitrogen and oxygen atoms in total. The number of rotatable bonds is 8. The lowest BCUT2D eigenvalue weighted by atomic mass is 10.1. The zero-order valence-electron chi connectivity index (χ0n) is 17.1. The second kappa shape index (κ2) is 9.86. The smallest absolute Gasteiger partial charge is 0.240 e. The number of benzene rings is 2. The van der Waals surface area contributed by atoms with E-state index in [0.29, 0.717) is 11.3 Å². The monoisotopic (exact) mass is 429 g/mol. The van der Waals surface area contributed by atoms with Crippen molar-refractivity contribution in [2.24, 2.45) is 0 Å². The van der Waals surface area contributed by atoms with Crippen molar-refractivity contribution < 1.29 is 18.0 Å². The van der Waals surface area contributed by atoms with Gasteiger partial charge < -0.3 is 10.2 Å². The molecular weight excluding hydrogens is 402 g/mol. The molecule has 0 radical (unpaired) electrons. The number of sulfonamides is 1. The number of amides is 1. The molecule has 1 aliphatic rings. The van der Waals surface area contributed by atoms with Crippen LogP contribution in [0, 0.1) is 0 Å². The highest BCUT2D eigenvalue weighted by Gasteiger charge is 2.15. The zero-order valence-corrected chi connectivity index (χ0v) is 17.9. The predicted octanol–water partition coefficient (Wildman–Crippen LogP) is 3.19. The Balaban J connectivity index is 1.47. The van der Waals surface area contributed by atoms with Gasteiger partial charge in [0.1, 0.15) is 0 Å². The van der Waals surface area contributed by atoms with E-state index < -0.39 is 10.0 Å². The van der Waals surface area contributed by atoms with E-state index in [1.807, 2.05) is 24.3 Å². The Morgan fingerprint density at radius 1 is 0.933 bits per heavy atom. The van der Waals surface area contributed by atoms with Gasteiger partial charge in [0.25, 0.3) is 0 Å². The third kappa shape index (κ3) is 5.90. The van der Waals surface area contributed by atoms with E-state index in [1.165, 1.54) is 50.5 Å². The van der Waals surface area contributed by atoms with E-state index in [4.69, 9.17) is 0 Å². The molecule has 0 bridgehead atoms. The van der Waals surface area contributed by atoms with Gasteiger partial charge in [-0.15, -0.1) is 0 Å². The largest absolute Gasteiger partial charge is 0.372 e. The second-order valence-electron chi connectivity index (χ2n) is 7.37. The molecule has 0 spiro atoms. The number of Topliss-reactive ketones (excluding diaryl/α,β-unsaturated/α-hetero) is 1. The Kier molecular flexibility index (Phi) is 7.23. The van der Waals surface area contributed by atoms with Gasteiger partial charge in [-0.1, -0.05) is 12.1 Å². The van der Waals surface area contributed by atoms with Crippen LogP contribution in [0.1, 0.15) is 43.0 Å². The van der Waals surface area contributed by atoms with Crippen molar-refractivity contribution in [1.82, 2.24) is 4.72 Å². The van der Waals surface area contributed by atoms with Gasteiger partial charge in [0, 0.05) is 43.0 Å². The normalized spacial score (nSPS) is 14.4. The lowest BCUT2D eigenvalue weighted by Crippen LogP contribution is -2.29. The van der Waals surface area contributed by atoms with E-state index >= 15 is 0 Å². The average molecular weight is 430 g/mol. The minimum absolute atomic E-state index is 0.0125. The molecule has 1 amide bonds.